The summed E-state index contributed by atoms with van der Waals surface area (Å²) in [6, 6.07) is 8.26. The van der Waals surface area contributed by atoms with Gasteiger partial charge in [0.2, 0.25) is 0 Å². The monoisotopic (exact) mass is 312 g/mol. The maximum absolute atomic E-state index is 13.0. The molecule has 0 saturated carbocycles. The summed E-state index contributed by atoms with van der Waals surface area (Å²) in [4.78, 5) is 19.5. The molecule has 1 aromatic heterocycles. The highest BCUT2D eigenvalue weighted by Crippen LogP contribution is 2.25. The maximum atomic E-state index is 13.0. The second-order valence-electron chi connectivity index (χ2n) is 6.75. The summed E-state index contributed by atoms with van der Waals surface area (Å²) in [5, 5.41) is 10.4. The van der Waals surface area contributed by atoms with Gasteiger partial charge < -0.3 is 10.0 Å². The number of carbonyl (C=O) groups is 1. The van der Waals surface area contributed by atoms with Crippen molar-refractivity contribution in [1.29, 1.82) is 0 Å². The Morgan fingerprint density at radius 1 is 1.30 bits per heavy atom. The first-order valence-electron chi connectivity index (χ1n) is 8.29. The van der Waals surface area contributed by atoms with Gasteiger partial charge in [0.15, 0.2) is 0 Å². The van der Waals surface area contributed by atoms with Gasteiger partial charge in [0.1, 0.15) is 0 Å². The molecule has 3 rings (SSSR count). The second kappa shape index (κ2) is 6.28. The summed E-state index contributed by atoms with van der Waals surface area (Å²) in [5.74, 6) is 0.218. The van der Waals surface area contributed by atoms with Gasteiger partial charge in [0.25, 0.3) is 5.91 Å². The Bertz CT molecular complexity index is 741. The SMILES string of the molecule is Cc1ccc2nc(C)c(C(=O)N3CC(CO)CCC3C)cc2c1. The van der Waals surface area contributed by atoms with E-state index in [0.717, 1.165) is 35.0 Å². The summed E-state index contributed by atoms with van der Waals surface area (Å²) in [7, 11) is 0. The van der Waals surface area contributed by atoms with Crippen LogP contribution in [0.15, 0.2) is 24.3 Å². The topological polar surface area (TPSA) is 53.4 Å². The Labute approximate surface area is 137 Å². The lowest BCUT2D eigenvalue weighted by molar-refractivity contribution is 0.0488. The van der Waals surface area contributed by atoms with Crippen LogP contribution < -0.4 is 0 Å². The molecular formula is C19H24N2O2. The summed E-state index contributed by atoms with van der Waals surface area (Å²) in [5.41, 5.74) is 3.52. The molecule has 1 aromatic carbocycles. The molecule has 1 N–H and O–H groups in total. The van der Waals surface area contributed by atoms with Crippen molar-refractivity contribution in [3.8, 4) is 0 Å². The number of aliphatic hydroxyl groups excluding tert-OH is 1. The lowest BCUT2D eigenvalue weighted by Gasteiger charge is -2.37. The number of fused-ring (bicyclic) bond motifs is 1. The Morgan fingerprint density at radius 2 is 2.09 bits per heavy atom. The smallest absolute Gasteiger partial charge is 0.255 e. The first-order chi connectivity index (χ1) is 11.0. The Balaban J connectivity index is 1.97. The molecule has 1 aliphatic rings. The van der Waals surface area contributed by atoms with Gasteiger partial charge in [-0.1, -0.05) is 11.6 Å². The van der Waals surface area contributed by atoms with Crippen LogP contribution in [0.1, 0.15) is 41.4 Å². The van der Waals surface area contributed by atoms with Crippen LogP contribution in [0.2, 0.25) is 0 Å². The molecule has 2 aromatic rings. The predicted octanol–water partition coefficient (Wildman–Crippen LogP) is 3.08. The molecule has 23 heavy (non-hydrogen) atoms. The third kappa shape index (κ3) is 3.08. The number of piperidine rings is 1. The summed E-state index contributed by atoms with van der Waals surface area (Å²) < 4.78 is 0. The molecule has 4 heteroatoms. The quantitative estimate of drug-likeness (QED) is 0.927. The minimum absolute atomic E-state index is 0.0315. The molecular weight excluding hydrogens is 288 g/mol. The molecule has 0 bridgehead atoms. The molecule has 122 valence electrons. The minimum atomic E-state index is 0.0315. The number of aryl methyl sites for hydroxylation is 2. The van der Waals surface area contributed by atoms with Crippen molar-refractivity contribution in [3.63, 3.8) is 0 Å². The molecule has 0 radical (unpaired) electrons. The number of likely N-dealkylation sites (tertiary alicyclic amines) is 1. The van der Waals surface area contributed by atoms with Crippen molar-refractivity contribution in [2.24, 2.45) is 5.92 Å². The molecule has 1 saturated heterocycles. The van der Waals surface area contributed by atoms with E-state index in [0.29, 0.717) is 12.1 Å². The van der Waals surface area contributed by atoms with Crippen LogP contribution in [0.3, 0.4) is 0 Å². The highest BCUT2D eigenvalue weighted by molar-refractivity contribution is 5.99. The number of amides is 1. The fraction of sp³-hybridized carbons (Fsp3) is 0.474. The normalized spacial score (nSPS) is 21.7. The van der Waals surface area contributed by atoms with Gasteiger partial charge in [-0.15, -0.1) is 0 Å². The molecule has 2 heterocycles. The van der Waals surface area contributed by atoms with Crippen LogP contribution in [-0.4, -0.2) is 40.1 Å². The fourth-order valence-electron chi connectivity index (χ4n) is 3.38. The largest absolute Gasteiger partial charge is 0.396 e. The van der Waals surface area contributed by atoms with Crippen molar-refractivity contribution in [2.75, 3.05) is 13.2 Å². The van der Waals surface area contributed by atoms with Gasteiger partial charge in [-0.2, -0.15) is 0 Å². The van der Waals surface area contributed by atoms with Crippen LogP contribution >= 0.6 is 0 Å². The predicted molar refractivity (Wildman–Crippen MR) is 91.5 cm³/mol. The molecule has 2 unspecified atom stereocenters. The van der Waals surface area contributed by atoms with Crippen molar-refractivity contribution >= 4 is 16.8 Å². The van der Waals surface area contributed by atoms with Crippen LogP contribution in [0.4, 0.5) is 0 Å². The number of benzene rings is 1. The van der Waals surface area contributed by atoms with Crippen LogP contribution in [0.5, 0.6) is 0 Å². The number of carbonyl (C=O) groups excluding carboxylic acids is 1. The Morgan fingerprint density at radius 3 is 2.83 bits per heavy atom. The Hall–Kier alpha value is -1.94. The summed E-state index contributed by atoms with van der Waals surface area (Å²) in [6.45, 7) is 6.79. The van der Waals surface area contributed by atoms with E-state index in [2.05, 4.69) is 18.0 Å². The molecule has 1 aliphatic heterocycles. The average Bonchev–Trinajstić information content (AvgIpc) is 2.54. The fourth-order valence-corrected chi connectivity index (χ4v) is 3.38. The third-order valence-electron chi connectivity index (χ3n) is 4.89. The van der Waals surface area contributed by atoms with Gasteiger partial charge in [-0.25, -0.2) is 0 Å². The lowest BCUT2D eigenvalue weighted by atomic mass is 9.93. The van der Waals surface area contributed by atoms with Crippen molar-refractivity contribution in [1.82, 2.24) is 9.88 Å². The molecule has 0 spiro atoms. The maximum Gasteiger partial charge on any atom is 0.255 e. The first kappa shape index (κ1) is 15.9. The zero-order chi connectivity index (χ0) is 16.6. The van der Waals surface area contributed by atoms with E-state index in [-0.39, 0.29) is 24.5 Å². The molecule has 1 fully saturated rings. The first-order valence-corrected chi connectivity index (χ1v) is 8.29. The minimum Gasteiger partial charge on any atom is -0.396 e. The zero-order valence-electron chi connectivity index (χ0n) is 14.0. The van der Waals surface area contributed by atoms with Gasteiger partial charge in [-0.05, 0) is 57.7 Å². The van der Waals surface area contributed by atoms with Crippen molar-refractivity contribution in [3.05, 3.63) is 41.1 Å². The number of pyridine rings is 1. The highest BCUT2D eigenvalue weighted by atomic mass is 16.3. The third-order valence-corrected chi connectivity index (χ3v) is 4.89. The molecule has 1 amide bonds. The lowest BCUT2D eigenvalue weighted by Crippen LogP contribution is -2.46. The van der Waals surface area contributed by atoms with E-state index in [1.807, 2.05) is 36.9 Å². The molecule has 0 aliphatic carbocycles. The van der Waals surface area contributed by atoms with Gasteiger partial charge >= 0.3 is 0 Å². The average molecular weight is 312 g/mol. The van der Waals surface area contributed by atoms with Crippen LogP contribution in [0, 0.1) is 19.8 Å². The highest BCUT2D eigenvalue weighted by Gasteiger charge is 2.30. The number of hydrogen-bond donors (Lipinski definition) is 1. The molecule has 4 nitrogen and oxygen atoms in total. The Kier molecular flexibility index (Phi) is 4.35. The van der Waals surface area contributed by atoms with E-state index in [9.17, 15) is 9.90 Å². The van der Waals surface area contributed by atoms with Crippen molar-refractivity contribution < 1.29 is 9.90 Å². The number of rotatable bonds is 2. The van der Waals surface area contributed by atoms with E-state index < -0.39 is 0 Å². The van der Waals surface area contributed by atoms with E-state index in [1.54, 1.807) is 0 Å². The summed E-state index contributed by atoms with van der Waals surface area (Å²) in [6.07, 6.45) is 1.92. The molecule has 2 atom stereocenters. The van der Waals surface area contributed by atoms with Gasteiger partial charge in [-0.3, -0.25) is 9.78 Å². The van der Waals surface area contributed by atoms with Gasteiger partial charge in [0, 0.05) is 24.6 Å². The van der Waals surface area contributed by atoms with E-state index in [4.69, 9.17) is 0 Å². The number of aromatic nitrogens is 1. The number of hydrogen-bond acceptors (Lipinski definition) is 3. The number of aliphatic hydroxyl groups is 1. The van der Waals surface area contributed by atoms with Crippen molar-refractivity contribution in [2.45, 2.75) is 39.7 Å². The standard InChI is InChI=1S/C19H24N2O2/c1-12-4-7-18-16(8-12)9-17(14(3)20-18)19(23)21-10-15(11-22)6-5-13(21)2/h4,7-9,13,15,22H,5-6,10-11H2,1-3H3. The summed E-state index contributed by atoms with van der Waals surface area (Å²) >= 11 is 0. The zero-order valence-corrected chi connectivity index (χ0v) is 14.0. The second-order valence-corrected chi connectivity index (χ2v) is 6.75. The van der Waals surface area contributed by atoms with Crippen LogP contribution in [0.25, 0.3) is 10.9 Å². The van der Waals surface area contributed by atoms with E-state index in [1.165, 1.54) is 0 Å². The van der Waals surface area contributed by atoms with E-state index >= 15 is 0 Å². The number of nitrogens with zero attached hydrogens (tertiary/aromatic N) is 2. The van der Waals surface area contributed by atoms with Gasteiger partial charge in [0.05, 0.1) is 16.8 Å². The van der Waals surface area contributed by atoms with Crippen LogP contribution in [-0.2, 0) is 0 Å².